The largest absolute Gasteiger partial charge is 0.444 e. The van der Waals surface area contributed by atoms with Crippen molar-refractivity contribution in [2.75, 3.05) is 6.54 Å². The molecule has 1 saturated carbocycles. The molecule has 162 valence electrons. The van der Waals surface area contributed by atoms with Gasteiger partial charge >= 0.3 is 6.09 Å². The van der Waals surface area contributed by atoms with Crippen molar-refractivity contribution in [3.63, 3.8) is 0 Å². The molecule has 1 atom stereocenters. The van der Waals surface area contributed by atoms with Crippen molar-refractivity contribution in [2.24, 2.45) is 0 Å². The molecule has 2 amide bonds. The maximum absolute atomic E-state index is 12.5. The van der Waals surface area contributed by atoms with Gasteiger partial charge in [0.05, 0.1) is 0 Å². The zero-order valence-electron chi connectivity index (χ0n) is 18.6. The molecular formula is C24H38N2O3. The van der Waals surface area contributed by atoms with Gasteiger partial charge in [-0.15, -0.1) is 0 Å². The number of ether oxygens (including phenoxy) is 1. The van der Waals surface area contributed by atoms with E-state index in [1.54, 1.807) is 0 Å². The van der Waals surface area contributed by atoms with Crippen molar-refractivity contribution in [1.82, 2.24) is 10.6 Å². The number of carbonyl (C=O) groups is 2. The van der Waals surface area contributed by atoms with Gasteiger partial charge in [-0.3, -0.25) is 4.79 Å². The number of nitrogens with one attached hydrogen (secondary N) is 2. The van der Waals surface area contributed by atoms with Crippen LogP contribution < -0.4 is 10.6 Å². The fourth-order valence-electron chi connectivity index (χ4n) is 4.29. The summed E-state index contributed by atoms with van der Waals surface area (Å²) in [4.78, 5) is 24.1. The van der Waals surface area contributed by atoms with E-state index >= 15 is 0 Å². The first kappa shape index (κ1) is 23.2. The molecule has 0 aliphatic heterocycles. The Hall–Kier alpha value is -2.04. The summed E-state index contributed by atoms with van der Waals surface area (Å²) < 4.78 is 5.21. The molecule has 2 rings (SSSR count). The highest BCUT2D eigenvalue weighted by atomic mass is 16.6. The first-order chi connectivity index (χ1) is 13.7. The number of hydrogen-bond acceptors (Lipinski definition) is 3. The smallest absolute Gasteiger partial charge is 0.407 e. The van der Waals surface area contributed by atoms with Crippen LogP contribution in [0.1, 0.15) is 84.6 Å². The summed E-state index contributed by atoms with van der Waals surface area (Å²) in [6, 6.07) is 10.8. The van der Waals surface area contributed by atoms with Crippen molar-refractivity contribution in [3.05, 3.63) is 35.9 Å². The van der Waals surface area contributed by atoms with Gasteiger partial charge in [0.15, 0.2) is 0 Å². The Morgan fingerprint density at radius 1 is 1.07 bits per heavy atom. The zero-order valence-corrected chi connectivity index (χ0v) is 18.6. The Morgan fingerprint density at radius 2 is 1.72 bits per heavy atom. The van der Waals surface area contributed by atoms with Gasteiger partial charge in [-0.2, -0.15) is 0 Å². The third kappa shape index (κ3) is 7.37. The van der Waals surface area contributed by atoms with Crippen LogP contribution in [-0.4, -0.2) is 30.2 Å². The summed E-state index contributed by atoms with van der Waals surface area (Å²) in [6.45, 7) is 8.27. The number of amides is 2. The Morgan fingerprint density at radius 3 is 2.34 bits per heavy atom. The van der Waals surface area contributed by atoms with Gasteiger partial charge in [0.2, 0.25) is 5.91 Å². The molecule has 29 heavy (non-hydrogen) atoms. The first-order valence-electron chi connectivity index (χ1n) is 11.0. The second-order valence-electron chi connectivity index (χ2n) is 9.26. The highest BCUT2D eigenvalue weighted by molar-refractivity contribution is 5.76. The van der Waals surface area contributed by atoms with Crippen LogP contribution in [0.5, 0.6) is 0 Å². The van der Waals surface area contributed by atoms with Crippen molar-refractivity contribution < 1.29 is 14.3 Å². The van der Waals surface area contributed by atoms with E-state index in [2.05, 4.69) is 41.8 Å². The quantitative estimate of drug-likeness (QED) is 0.566. The van der Waals surface area contributed by atoms with Crippen LogP contribution in [0.3, 0.4) is 0 Å². The molecule has 1 aliphatic carbocycles. The number of rotatable bonds is 9. The molecule has 0 bridgehead atoms. The Bertz CT molecular complexity index is 646. The third-order valence-electron chi connectivity index (χ3n) is 5.80. The molecule has 5 nitrogen and oxygen atoms in total. The highest BCUT2D eigenvalue weighted by Crippen LogP contribution is 2.43. The van der Waals surface area contributed by atoms with Crippen molar-refractivity contribution >= 4 is 12.0 Å². The Labute approximate surface area is 176 Å². The lowest BCUT2D eigenvalue weighted by atomic mass is 9.73. The minimum Gasteiger partial charge on any atom is -0.444 e. The number of benzene rings is 1. The monoisotopic (exact) mass is 402 g/mol. The number of carbonyl (C=O) groups excluding carboxylic acids is 2. The van der Waals surface area contributed by atoms with Gasteiger partial charge in [0, 0.05) is 24.4 Å². The first-order valence-corrected chi connectivity index (χ1v) is 11.0. The molecule has 0 saturated heterocycles. The Balaban J connectivity index is 1.69. The van der Waals surface area contributed by atoms with Crippen LogP contribution in [0, 0.1) is 0 Å². The van der Waals surface area contributed by atoms with Crippen LogP contribution in [0.15, 0.2) is 30.3 Å². The zero-order chi connectivity index (χ0) is 21.3. The minimum absolute atomic E-state index is 0.0637. The summed E-state index contributed by atoms with van der Waals surface area (Å²) >= 11 is 0. The summed E-state index contributed by atoms with van der Waals surface area (Å²) in [6.07, 6.45) is 7.43. The number of hydrogen-bond donors (Lipinski definition) is 2. The SMILES string of the molecule is CC(NC(=O)CCCCCNC(=O)OC(C)(C)C)C1(c2ccccc2)CCCC1. The lowest BCUT2D eigenvalue weighted by Gasteiger charge is -2.36. The van der Waals surface area contributed by atoms with E-state index in [-0.39, 0.29) is 23.5 Å². The van der Waals surface area contributed by atoms with E-state index in [4.69, 9.17) is 4.74 Å². The maximum Gasteiger partial charge on any atom is 0.407 e. The van der Waals surface area contributed by atoms with E-state index in [9.17, 15) is 9.59 Å². The van der Waals surface area contributed by atoms with Gasteiger partial charge in [-0.05, 0) is 58.9 Å². The van der Waals surface area contributed by atoms with Gasteiger partial charge in [0.25, 0.3) is 0 Å². The van der Waals surface area contributed by atoms with Gasteiger partial charge < -0.3 is 15.4 Å². The summed E-state index contributed by atoms with van der Waals surface area (Å²) in [5, 5.41) is 6.03. The van der Waals surface area contributed by atoms with Crippen LogP contribution >= 0.6 is 0 Å². The van der Waals surface area contributed by atoms with E-state index < -0.39 is 5.60 Å². The molecule has 0 spiro atoms. The molecule has 0 heterocycles. The highest BCUT2D eigenvalue weighted by Gasteiger charge is 2.41. The second kappa shape index (κ2) is 10.7. The number of alkyl carbamates (subject to hydrolysis) is 1. The summed E-state index contributed by atoms with van der Waals surface area (Å²) in [5.41, 5.74) is 0.933. The van der Waals surface area contributed by atoms with Crippen LogP contribution in [-0.2, 0) is 14.9 Å². The van der Waals surface area contributed by atoms with Gasteiger partial charge in [-0.25, -0.2) is 4.79 Å². The van der Waals surface area contributed by atoms with Crippen molar-refractivity contribution in [1.29, 1.82) is 0 Å². The molecule has 0 aromatic heterocycles. The van der Waals surface area contributed by atoms with Crippen LogP contribution in [0.2, 0.25) is 0 Å². The average Bonchev–Trinajstić information content (AvgIpc) is 3.15. The fourth-order valence-corrected chi connectivity index (χ4v) is 4.29. The van der Waals surface area contributed by atoms with Crippen LogP contribution in [0.25, 0.3) is 0 Å². The number of unbranched alkanes of at least 4 members (excludes halogenated alkanes) is 2. The maximum atomic E-state index is 12.5. The van der Waals surface area contributed by atoms with E-state index in [1.807, 2.05) is 26.8 Å². The predicted octanol–water partition coefficient (Wildman–Crippen LogP) is 5.09. The second-order valence-corrected chi connectivity index (χ2v) is 9.26. The Kier molecular flexibility index (Phi) is 8.54. The normalized spacial score (nSPS) is 16.8. The van der Waals surface area contributed by atoms with Gasteiger partial charge in [-0.1, -0.05) is 49.6 Å². The van der Waals surface area contributed by atoms with Gasteiger partial charge in [0.1, 0.15) is 5.60 Å². The molecule has 1 aromatic rings. The minimum atomic E-state index is -0.477. The molecular weight excluding hydrogens is 364 g/mol. The molecule has 5 heteroatoms. The van der Waals surface area contributed by atoms with E-state index in [1.165, 1.54) is 18.4 Å². The van der Waals surface area contributed by atoms with Crippen molar-refractivity contribution in [3.8, 4) is 0 Å². The molecule has 1 aliphatic rings. The van der Waals surface area contributed by atoms with Crippen LogP contribution in [0.4, 0.5) is 4.79 Å². The summed E-state index contributed by atoms with van der Waals surface area (Å²) in [5.74, 6) is 0.125. The average molecular weight is 403 g/mol. The van der Waals surface area contributed by atoms with E-state index in [0.29, 0.717) is 13.0 Å². The molecule has 1 fully saturated rings. The third-order valence-corrected chi connectivity index (χ3v) is 5.80. The molecule has 1 unspecified atom stereocenters. The lowest BCUT2D eigenvalue weighted by Crippen LogP contribution is -2.47. The standard InChI is InChI=1S/C24H38N2O3/c1-19(24(16-10-11-17-24)20-13-7-5-8-14-20)26-21(27)15-9-6-12-18-25-22(28)29-23(2,3)4/h5,7-8,13-14,19H,6,9-12,15-18H2,1-4H3,(H,25,28)(H,26,27). The topological polar surface area (TPSA) is 67.4 Å². The fraction of sp³-hybridized carbons (Fsp3) is 0.667. The van der Waals surface area contributed by atoms with E-state index in [0.717, 1.165) is 32.1 Å². The predicted molar refractivity (Wildman–Crippen MR) is 117 cm³/mol. The lowest BCUT2D eigenvalue weighted by molar-refractivity contribution is -0.122. The summed E-state index contributed by atoms with van der Waals surface area (Å²) in [7, 11) is 0. The molecule has 2 N–H and O–H groups in total. The molecule has 1 aromatic carbocycles. The molecule has 0 radical (unpaired) electrons. The van der Waals surface area contributed by atoms with Crippen molar-refractivity contribution in [2.45, 2.75) is 96.1 Å².